The molecule has 0 aromatic rings. The van der Waals surface area contributed by atoms with Crippen molar-refractivity contribution in [3.05, 3.63) is 0 Å². The third kappa shape index (κ3) is 1.52. The number of likely N-dealkylation sites (N-methyl/N-ethyl adjacent to an activating group) is 1. The average molecular weight is 170 g/mol. The molecular formula is C11H24N+. The largest absolute Gasteiger partial charge is 0.311 e. The molecule has 3 unspecified atom stereocenters. The predicted octanol–water partition coefficient (Wildman–Crippen LogP) is 2.66. The van der Waals surface area contributed by atoms with Gasteiger partial charge in [0, 0.05) is 5.92 Å². The zero-order valence-corrected chi connectivity index (χ0v) is 9.30. The standard InChI is InChI=1S/C11H24N/c1-6-7-8-12(5)10(4)11(12)9(2)3/h9-11H,6-8H2,1-5H3/q+1. The second-order valence-electron chi connectivity index (χ2n) is 4.90. The van der Waals surface area contributed by atoms with E-state index in [4.69, 9.17) is 0 Å². The van der Waals surface area contributed by atoms with Crippen LogP contribution in [0, 0.1) is 5.92 Å². The molecule has 0 amide bonds. The molecule has 0 saturated carbocycles. The van der Waals surface area contributed by atoms with Gasteiger partial charge in [0.1, 0.15) is 12.1 Å². The molecule has 72 valence electrons. The summed E-state index contributed by atoms with van der Waals surface area (Å²) in [7, 11) is 2.42. The summed E-state index contributed by atoms with van der Waals surface area (Å²) in [6.45, 7) is 10.8. The number of hydrogen-bond acceptors (Lipinski definition) is 0. The lowest BCUT2D eigenvalue weighted by Crippen LogP contribution is -2.27. The van der Waals surface area contributed by atoms with Crippen LogP contribution < -0.4 is 0 Å². The van der Waals surface area contributed by atoms with Gasteiger partial charge >= 0.3 is 0 Å². The highest BCUT2D eigenvalue weighted by molar-refractivity contribution is 4.85. The van der Waals surface area contributed by atoms with Crippen LogP contribution in [-0.4, -0.2) is 30.2 Å². The van der Waals surface area contributed by atoms with Crippen LogP contribution in [0.15, 0.2) is 0 Å². The Bertz CT molecular complexity index is 153. The molecule has 0 radical (unpaired) electrons. The SMILES string of the molecule is CCCC[N+]1(C)C(C)C1C(C)C. The summed E-state index contributed by atoms with van der Waals surface area (Å²) in [6.07, 6.45) is 2.73. The number of rotatable bonds is 4. The molecule has 1 aliphatic heterocycles. The topological polar surface area (TPSA) is 0 Å². The van der Waals surface area contributed by atoms with Crippen LogP contribution in [0.2, 0.25) is 0 Å². The molecule has 1 aliphatic rings. The van der Waals surface area contributed by atoms with Crippen molar-refractivity contribution in [1.29, 1.82) is 0 Å². The van der Waals surface area contributed by atoms with Crippen molar-refractivity contribution in [3.8, 4) is 0 Å². The fourth-order valence-corrected chi connectivity index (χ4v) is 2.83. The minimum absolute atomic E-state index is 0.863. The van der Waals surface area contributed by atoms with Crippen LogP contribution in [0.1, 0.15) is 40.5 Å². The van der Waals surface area contributed by atoms with Crippen LogP contribution in [0.5, 0.6) is 0 Å². The first kappa shape index (κ1) is 10.0. The van der Waals surface area contributed by atoms with E-state index in [1.165, 1.54) is 23.9 Å². The van der Waals surface area contributed by atoms with Gasteiger partial charge in [-0.2, -0.15) is 0 Å². The Balaban J connectivity index is 2.42. The van der Waals surface area contributed by atoms with Gasteiger partial charge in [0.15, 0.2) is 0 Å². The summed E-state index contributed by atoms with van der Waals surface area (Å²) in [6, 6.07) is 1.85. The monoisotopic (exact) mass is 170 g/mol. The van der Waals surface area contributed by atoms with E-state index in [0.717, 1.165) is 18.0 Å². The van der Waals surface area contributed by atoms with Crippen LogP contribution in [0.4, 0.5) is 0 Å². The van der Waals surface area contributed by atoms with Crippen molar-refractivity contribution in [2.24, 2.45) is 5.92 Å². The quantitative estimate of drug-likeness (QED) is 0.449. The lowest BCUT2D eigenvalue weighted by Gasteiger charge is -2.16. The molecule has 0 spiro atoms. The van der Waals surface area contributed by atoms with Gasteiger partial charge in [0.25, 0.3) is 0 Å². The van der Waals surface area contributed by atoms with Gasteiger partial charge in [-0.25, -0.2) is 0 Å². The molecule has 1 saturated heterocycles. The first-order chi connectivity index (χ1) is 5.54. The number of quaternary nitrogens is 1. The van der Waals surface area contributed by atoms with Gasteiger partial charge in [0.2, 0.25) is 0 Å². The van der Waals surface area contributed by atoms with E-state index in [1.807, 2.05) is 0 Å². The van der Waals surface area contributed by atoms with Gasteiger partial charge in [-0.1, -0.05) is 27.2 Å². The summed E-state index contributed by atoms with van der Waals surface area (Å²) in [5.74, 6) is 0.863. The second-order valence-corrected chi connectivity index (χ2v) is 4.90. The molecule has 0 aliphatic carbocycles. The Kier molecular flexibility index (Phi) is 2.82. The van der Waals surface area contributed by atoms with Gasteiger partial charge < -0.3 is 4.48 Å². The predicted molar refractivity (Wildman–Crippen MR) is 54.0 cm³/mol. The van der Waals surface area contributed by atoms with Crippen LogP contribution in [0.25, 0.3) is 0 Å². The van der Waals surface area contributed by atoms with E-state index < -0.39 is 0 Å². The van der Waals surface area contributed by atoms with E-state index in [0.29, 0.717) is 0 Å². The van der Waals surface area contributed by atoms with Gasteiger partial charge in [-0.05, 0) is 13.3 Å². The number of nitrogens with zero attached hydrogens (tertiary/aromatic N) is 1. The van der Waals surface area contributed by atoms with Gasteiger partial charge in [0.05, 0.1) is 13.6 Å². The van der Waals surface area contributed by atoms with Crippen molar-refractivity contribution in [1.82, 2.24) is 0 Å². The summed E-state index contributed by atoms with van der Waals surface area (Å²) in [5, 5.41) is 0. The Labute approximate surface area is 77.4 Å². The first-order valence-corrected chi connectivity index (χ1v) is 5.39. The molecule has 1 nitrogen and oxygen atoms in total. The number of hydrogen-bond donors (Lipinski definition) is 0. The lowest BCUT2D eigenvalue weighted by atomic mass is 10.1. The summed E-state index contributed by atoms with van der Waals surface area (Å²) >= 11 is 0. The fourth-order valence-electron chi connectivity index (χ4n) is 2.83. The molecular weight excluding hydrogens is 146 g/mol. The molecule has 12 heavy (non-hydrogen) atoms. The highest BCUT2D eigenvalue weighted by Crippen LogP contribution is 2.42. The molecule has 0 N–H and O–H groups in total. The lowest BCUT2D eigenvalue weighted by molar-refractivity contribution is -0.807. The molecule has 1 fully saturated rings. The van der Waals surface area contributed by atoms with E-state index in [1.54, 1.807) is 0 Å². The van der Waals surface area contributed by atoms with E-state index >= 15 is 0 Å². The van der Waals surface area contributed by atoms with Crippen LogP contribution >= 0.6 is 0 Å². The summed E-state index contributed by atoms with van der Waals surface area (Å²) in [5.41, 5.74) is 0. The highest BCUT2D eigenvalue weighted by atomic mass is 15.5. The smallest absolute Gasteiger partial charge is 0.144 e. The normalized spacial score (nSPS) is 40.5. The minimum Gasteiger partial charge on any atom is -0.311 e. The highest BCUT2D eigenvalue weighted by Gasteiger charge is 2.60. The molecule has 1 heteroatoms. The first-order valence-electron chi connectivity index (χ1n) is 5.39. The molecule has 0 aromatic carbocycles. The van der Waals surface area contributed by atoms with Crippen molar-refractivity contribution in [3.63, 3.8) is 0 Å². The molecule has 0 aromatic heterocycles. The zero-order valence-electron chi connectivity index (χ0n) is 9.30. The van der Waals surface area contributed by atoms with Gasteiger partial charge in [-0.15, -0.1) is 0 Å². The average Bonchev–Trinajstić information content (AvgIpc) is 2.52. The van der Waals surface area contributed by atoms with Crippen molar-refractivity contribution < 1.29 is 4.48 Å². The second kappa shape index (κ2) is 3.37. The van der Waals surface area contributed by atoms with Gasteiger partial charge in [-0.3, -0.25) is 0 Å². The third-order valence-corrected chi connectivity index (χ3v) is 3.69. The van der Waals surface area contributed by atoms with E-state index in [-0.39, 0.29) is 0 Å². The Morgan fingerprint density at radius 3 is 2.25 bits per heavy atom. The third-order valence-electron chi connectivity index (χ3n) is 3.69. The summed E-state index contributed by atoms with van der Waals surface area (Å²) in [4.78, 5) is 0. The molecule has 1 heterocycles. The van der Waals surface area contributed by atoms with Crippen LogP contribution in [0.3, 0.4) is 0 Å². The van der Waals surface area contributed by atoms with E-state index in [2.05, 4.69) is 34.7 Å². The van der Waals surface area contributed by atoms with E-state index in [9.17, 15) is 0 Å². The fraction of sp³-hybridized carbons (Fsp3) is 1.00. The minimum atomic E-state index is 0.863. The molecule has 3 atom stereocenters. The van der Waals surface area contributed by atoms with Crippen molar-refractivity contribution in [2.45, 2.75) is 52.6 Å². The Morgan fingerprint density at radius 1 is 1.33 bits per heavy atom. The maximum atomic E-state index is 2.42. The Hall–Kier alpha value is -0.0400. The Morgan fingerprint density at radius 2 is 1.92 bits per heavy atom. The van der Waals surface area contributed by atoms with Crippen molar-refractivity contribution in [2.75, 3.05) is 13.6 Å². The van der Waals surface area contributed by atoms with Crippen LogP contribution in [-0.2, 0) is 0 Å². The zero-order chi connectivity index (χ0) is 9.35. The van der Waals surface area contributed by atoms with Crippen molar-refractivity contribution >= 4 is 0 Å². The molecule has 1 rings (SSSR count). The maximum Gasteiger partial charge on any atom is 0.144 e. The summed E-state index contributed by atoms with van der Waals surface area (Å²) < 4.78 is 1.34. The number of unbranched alkanes of at least 4 members (excludes halogenated alkanes) is 1. The molecule has 0 bridgehead atoms. The maximum absolute atomic E-state index is 2.42.